The SMILES string of the molecule is O=C([O-])CSCC(=O)[O-].[Li+].[Li+]. The van der Waals surface area contributed by atoms with Gasteiger partial charge in [-0.2, -0.15) is 0 Å². The molecule has 0 spiro atoms. The van der Waals surface area contributed by atoms with E-state index in [0.29, 0.717) is 0 Å². The first-order valence-corrected chi connectivity index (χ1v) is 3.26. The third-order valence-corrected chi connectivity index (χ3v) is 1.32. The Labute approximate surface area is 92.5 Å². The number of carbonyl (C=O) groups is 2. The number of carboxylic acid groups (broad SMARTS) is 2. The summed E-state index contributed by atoms with van der Waals surface area (Å²) in [5.41, 5.74) is 0. The van der Waals surface area contributed by atoms with Crippen LogP contribution in [0.1, 0.15) is 0 Å². The molecule has 0 aromatic carbocycles. The molecule has 52 valence electrons. The second-order valence-electron chi connectivity index (χ2n) is 1.24. The average molecular weight is 162 g/mol. The molecule has 11 heavy (non-hydrogen) atoms. The standard InChI is InChI=1S/C4H6O4S.2Li/c5-3(6)1-9-2-4(7)8;;/h1-2H2,(H,5,6)(H,7,8);;/q;2*+1/p-2. The first-order valence-electron chi connectivity index (χ1n) is 2.10. The van der Waals surface area contributed by atoms with Crippen molar-refractivity contribution in [2.45, 2.75) is 0 Å². The molecule has 0 saturated heterocycles. The smallest absolute Gasteiger partial charge is 0.549 e. The van der Waals surface area contributed by atoms with Crippen molar-refractivity contribution < 1.29 is 57.5 Å². The summed E-state index contributed by atoms with van der Waals surface area (Å²) in [5.74, 6) is -3.12. The maximum absolute atomic E-state index is 9.64. The van der Waals surface area contributed by atoms with Crippen molar-refractivity contribution in [3.05, 3.63) is 0 Å². The van der Waals surface area contributed by atoms with Gasteiger partial charge in [-0.15, -0.1) is 11.8 Å². The van der Waals surface area contributed by atoms with Crippen LogP contribution in [-0.4, -0.2) is 23.4 Å². The number of hydrogen-bond acceptors (Lipinski definition) is 5. The van der Waals surface area contributed by atoms with Crippen molar-refractivity contribution in [2.75, 3.05) is 11.5 Å². The molecular weight excluding hydrogens is 158 g/mol. The van der Waals surface area contributed by atoms with Crippen LogP contribution in [0.5, 0.6) is 0 Å². The van der Waals surface area contributed by atoms with E-state index in [1.807, 2.05) is 0 Å². The molecule has 4 nitrogen and oxygen atoms in total. The summed E-state index contributed by atoms with van der Waals surface area (Å²) in [5, 5.41) is 19.3. The van der Waals surface area contributed by atoms with Gasteiger partial charge < -0.3 is 19.8 Å². The van der Waals surface area contributed by atoms with E-state index in [2.05, 4.69) is 0 Å². The maximum atomic E-state index is 9.64. The molecule has 0 bridgehead atoms. The Morgan fingerprint density at radius 3 is 1.45 bits per heavy atom. The summed E-state index contributed by atoms with van der Waals surface area (Å²) in [4.78, 5) is 19.3. The fourth-order valence-corrected chi connectivity index (χ4v) is 0.653. The quantitative estimate of drug-likeness (QED) is 0.383. The summed E-state index contributed by atoms with van der Waals surface area (Å²) in [6, 6.07) is 0. The summed E-state index contributed by atoms with van der Waals surface area (Å²) in [6.45, 7) is 0. The van der Waals surface area contributed by atoms with Gasteiger partial charge in [0.2, 0.25) is 0 Å². The minimum Gasteiger partial charge on any atom is -0.549 e. The normalized spacial score (nSPS) is 7.27. The van der Waals surface area contributed by atoms with E-state index in [9.17, 15) is 19.8 Å². The summed E-state index contributed by atoms with van der Waals surface area (Å²) in [6.07, 6.45) is 0. The van der Waals surface area contributed by atoms with Gasteiger partial charge >= 0.3 is 37.7 Å². The Hall–Kier alpha value is 0.485. The zero-order chi connectivity index (χ0) is 7.28. The molecule has 0 unspecified atom stereocenters. The molecule has 0 heterocycles. The third-order valence-electron chi connectivity index (χ3n) is 0.440. The van der Waals surface area contributed by atoms with Crippen LogP contribution in [0.15, 0.2) is 0 Å². The van der Waals surface area contributed by atoms with Crippen LogP contribution in [-0.2, 0) is 9.59 Å². The van der Waals surface area contributed by atoms with E-state index in [4.69, 9.17) is 0 Å². The summed E-state index contributed by atoms with van der Waals surface area (Å²) < 4.78 is 0. The van der Waals surface area contributed by atoms with E-state index in [1.165, 1.54) is 0 Å². The molecule has 0 aliphatic heterocycles. The third kappa shape index (κ3) is 17.9. The van der Waals surface area contributed by atoms with Crippen molar-refractivity contribution in [3.63, 3.8) is 0 Å². The van der Waals surface area contributed by atoms with Gasteiger partial charge in [-0.25, -0.2) is 0 Å². The molecule has 0 fully saturated rings. The van der Waals surface area contributed by atoms with Crippen LogP contribution >= 0.6 is 11.8 Å². The number of rotatable bonds is 4. The van der Waals surface area contributed by atoms with Crippen LogP contribution < -0.4 is 47.9 Å². The largest absolute Gasteiger partial charge is 1.00 e. The number of carbonyl (C=O) groups excluding carboxylic acids is 2. The summed E-state index contributed by atoms with van der Waals surface area (Å²) >= 11 is 0.745. The van der Waals surface area contributed by atoms with Gasteiger partial charge in [0.25, 0.3) is 0 Å². The Morgan fingerprint density at radius 2 is 1.27 bits per heavy atom. The van der Waals surface area contributed by atoms with Crippen LogP contribution in [0.2, 0.25) is 0 Å². The molecule has 0 aliphatic rings. The van der Waals surface area contributed by atoms with E-state index < -0.39 is 11.9 Å². The molecule has 0 radical (unpaired) electrons. The predicted octanol–water partition coefficient (Wildman–Crippen LogP) is -8.77. The second kappa shape index (κ2) is 10.5. The van der Waals surface area contributed by atoms with Gasteiger partial charge in [-0.05, 0) is 0 Å². The first kappa shape index (κ1) is 17.5. The molecule has 0 atom stereocenters. The van der Waals surface area contributed by atoms with Gasteiger partial charge in [0.1, 0.15) is 0 Å². The van der Waals surface area contributed by atoms with Gasteiger partial charge in [0.15, 0.2) is 0 Å². The monoisotopic (exact) mass is 162 g/mol. The fourth-order valence-electron chi connectivity index (χ4n) is 0.218. The molecule has 0 aliphatic carbocycles. The van der Waals surface area contributed by atoms with E-state index in [0.717, 1.165) is 11.8 Å². The van der Waals surface area contributed by atoms with Crippen LogP contribution in [0.4, 0.5) is 0 Å². The topological polar surface area (TPSA) is 80.3 Å². The van der Waals surface area contributed by atoms with Gasteiger partial charge in [0.05, 0.1) is 11.9 Å². The molecule has 0 rings (SSSR count). The Bertz CT molecular complexity index is 115. The van der Waals surface area contributed by atoms with E-state index >= 15 is 0 Å². The van der Waals surface area contributed by atoms with Gasteiger partial charge in [-0.1, -0.05) is 0 Å². The van der Waals surface area contributed by atoms with Crippen molar-refractivity contribution in [3.8, 4) is 0 Å². The Kier molecular flexibility index (Phi) is 16.7. The predicted molar refractivity (Wildman–Crippen MR) is 27.3 cm³/mol. The summed E-state index contributed by atoms with van der Waals surface area (Å²) in [7, 11) is 0. The molecule has 0 amide bonds. The molecule has 0 aromatic heterocycles. The van der Waals surface area contributed by atoms with Gasteiger partial charge in [-0.3, -0.25) is 0 Å². The van der Waals surface area contributed by atoms with Gasteiger partial charge in [0, 0.05) is 11.5 Å². The van der Waals surface area contributed by atoms with E-state index in [-0.39, 0.29) is 49.2 Å². The number of hydrogen-bond donors (Lipinski definition) is 0. The van der Waals surface area contributed by atoms with Crippen molar-refractivity contribution in [1.82, 2.24) is 0 Å². The van der Waals surface area contributed by atoms with Crippen LogP contribution in [0.25, 0.3) is 0 Å². The molecule has 0 N–H and O–H groups in total. The maximum Gasteiger partial charge on any atom is 1.00 e. The zero-order valence-corrected chi connectivity index (χ0v) is 7.27. The van der Waals surface area contributed by atoms with E-state index in [1.54, 1.807) is 0 Å². The minimum absolute atomic E-state index is 0. The van der Waals surface area contributed by atoms with Crippen LogP contribution in [0.3, 0.4) is 0 Å². The number of carboxylic acids is 2. The van der Waals surface area contributed by atoms with Crippen molar-refractivity contribution >= 4 is 23.7 Å². The van der Waals surface area contributed by atoms with Crippen molar-refractivity contribution in [2.24, 2.45) is 0 Å². The molecule has 7 heteroatoms. The van der Waals surface area contributed by atoms with Crippen molar-refractivity contribution in [1.29, 1.82) is 0 Å². The second-order valence-corrected chi connectivity index (χ2v) is 2.22. The average Bonchev–Trinajstić information content (AvgIpc) is 1.63. The van der Waals surface area contributed by atoms with Crippen LogP contribution in [0, 0.1) is 0 Å². The molecular formula is C4H4Li2O4S. The molecule has 0 aromatic rings. The Morgan fingerprint density at radius 1 is 1.00 bits per heavy atom. The number of aliphatic carboxylic acids is 2. The number of thioether (sulfide) groups is 1. The molecule has 0 saturated carbocycles. The zero-order valence-electron chi connectivity index (χ0n) is 6.46. The minimum atomic E-state index is -1.26. The Balaban J connectivity index is -0.000000320. The first-order chi connectivity index (χ1) is 4.13. The fraction of sp³-hybridized carbons (Fsp3) is 0.500.